The fraction of sp³-hybridized carbons (Fsp3) is 0.625. The molecule has 4 heteroatoms. The van der Waals surface area contributed by atoms with Crippen LogP contribution in [-0.4, -0.2) is 17.8 Å². The first-order valence-corrected chi connectivity index (χ1v) is 5.04. The molecule has 0 saturated carbocycles. The van der Waals surface area contributed by atoms with Crippen molar-refractivity contribution in [2.45, 2.75) is 18.9 Å². The summed E-state index contributed by atoms with van der Waals surface area (Å²) in [6.07, 6.45) is 4.10. The third kappa shape index (κ3) is 1.44. The summed E-state index contributed by atoms with van der Waals surface area (Å²) in [5.41, 5.74) is 0. The van der Waals surface area contributed by atoms with Crippen LogP contribution in [0, 0.1) is 5.41 Å². The Kier molecular flexibility index (Phi) is 2.28. The highest BCUT2D eigenvalue weighted by Crippen LogP contribution is 2.18. The van der Waals surface area contributed by atoms with Crippen LogP contribution in [0.1, 0.15) is 18.9 Å². The lowest BCUT2D eigenvalue weighted by Gasteiger charge is -2.22. The Labute approximate surface area is 75.1 Å². The Bertz CT molecular complexity index is 298. The number of thiazole rings is 1. The van der Waals surface area contributed by atoms with Gasteiger partial charge in [0.2, 0.25) is 0 Å². The predicted molar refractivity (Wildman–Crippen MR) is 47.3 cm³/mol. The largest absolute Gasteiger partial charge is 0.381 e. The molecule has 0 aromatic carbocycles. The molecule has 0 amide bonds. The molecule has 66 valence electrons. The molecule has 0 bridgehead atoms. The molecule has 2 heterocycles. The summed E-state index contributed by atoms with van der Waals surface area (Å²) in [6, 6.07) is 0.498. The molecule has 0 atom stereocenters. The van der Waals surface area contributed by atoms with E-state index in [1.54, 1.807) is 0 Å². The number of ether oxygens (including phenoxy) is 1. The van der Waals surface area contributed by atoms with Crippen molar-refractivity contribution < 1.29 is 4.74 Å². The lowest BCUT2D eigenvalue weighted by Crippen LogP contribution is -2.25. The van der Waals surface area contributed by atoms with E-state index in [0.29, 0.717) is 10.8 Å². The van der Waals surface area contributed by atoms with Crippen LogP contribution in [0.25, 0.3) is 0 Å². The van der Waals surface area contributed by atoms with Crippen molar-refractivity contribution in [3.05, 3.63) is 16.4 Å². The molecule has 3 nitrogen and oxygen atoms in total. The van der Waals surface area contributed by atoms with Gasteiger partial charge in [-0.05, 0) is 12.8 Å². The van der Waals surface area contributed by atoms with Crippen molar-refractivity contribution in [2.24, 2.45) is 0 Å². The fourth-order valence-electron chi connectivity index (χ4n) is 1.54. The molecule has 2 rings (SSSR count). The zero-order valence-corrected chi connectivity index (χ0v) is 7.64. The molecule has 1 aliphatic rings. The Morgan fingerprint density at radius 1 is 1.50 bits per heavy atom. The highest BCUT2D eigenvalue weighted by Gasteiger charge is 2.15. The predicted octanol–water partition coefficient (Wildman–Crippen LogP) is 1.38. The minimum Gasteiger partial charge on any atom is -0.381 e. The van der Waals surface area contributed by atoms with E-state index in [1.165, 1.54) is 11.3 Å². The van der Waals surface area contributed by atoms with Gasteiger partial charge >= 0.3 is 0 Å². The standard InChI is InChI=1S/C8H12N2OS/c9-8-10(3-6-12-8)7-1-4-11-5-2-7/h3,6-7,9H,1-2,4-5H2. The summed E-state index contributed by atoms with van der Waals surface area (Å²) in [7, 11) is 0. The smallest absolute Gasteiger partial charge is 0.182 e. The van der Waals surface area contributed by atoms with E-state index in [2.05, 4.69) is 0 Å². The van der Waals surface area contributed by atoms with Gasteiger partial charge in [0.25, 0.3) is 0 Å². The van der Waals surface area contributed by atoms with Crippen molar-refractivity contribution >= 4 is 11.3 Å². The average Bonchev–Trinajstić information content (AvgIpc) is 2.53. The Balaban J connectivity index is 2.18. The maximum atomic E-state index is 7.63. The van der Waals surface area contributed by atoms with Crippen LogP contribution in [0.3, 0.4) is 0 Å². The zero-order chi connectivity index (χ0) is 8.39. The van der Waals surface area contributed by atoms with E-state index in [0.717, 1.165) is 26.1 Å². The van der Waals surface area contributed by atoms with Crippen molar-refractivity contribution in [1.29, 1.82) is 5.41 Å². The fourth-order valence-corrected chi connectivity index (χ4v) is 2.19. The quantitative estimate of drug-likeness (QED) is 0.703. The number of nitrogens with one attached hydrogen (secondary N) is 1. The Morgan fingerprint density at radius 2 is 2.25 bits per heavy atom. The second-order valence-corrected chi connectivity index (χ2v) is 3.85. The Hall–Kier alpha value is -0.610. The van der Waals surface area contributed by atoms with E-state index < -0.39 is 0 Å². The lowest BCUT2D eigenvalue weighted by molar-refractivity contribution is 0.0688. The molecule has 0 aliphatic carbocycles. The van der Waals surface area contributed by atoms with E-state index in [-0.39, 0.29) is 0 Å². The van der Waals surface area contributed by atoms with Gasteiger partial charge in [-0.15, -0.1) is 11.3 Å². The van der Waals surface area contributed by atoms with Crippen LogP contribution in [0.4, 0.5) is 0 Å². The normalized spacial score (nSPS) is 19.7. The monoisotopic (exact) mass is 184 g/mol. The maximum absolute atomic E-state index is 7.63. The second-order valence-electron chi connectivity index (χ2n) is 2.96. The van der Waals surface area contributed by atoms with Gasteiger partial charge in [0.05, 0.1) is 0 Å². The van der Waals surface area contributed by atoms with E-state index in [1.807, 2.05) is 16.1 Å². The highest BCUT2D eigenvalue weighted by atomic mass is 32.1. The van der Waals surface area contributed by atoms with Gasteiger partial charge < -0.3 is 9.30 Å². The van der Waals surface area contributed by atoms with E-state index in [4.69, 9.17) is 10.1 Å². The van der Waals surface area contributed by atoms with Gasteiger partial charge in [-0.3, -0.25) is 5.41 Å². The molecule has 0 unspecified atom stereocenters. The molecule has 12 heavy (non-hydrogen) atoms. The molecule has 1 N–H and O–H groups in total. The van der Waals surface area contributed by atoms with Gasteiger partial charge in [0.15, 0.2) is 4.80 Å². The van der Waals surface area contributed by atoms with Crippen LogP contribution in [-0.2, 0) is 4.74 Å². The van der Waals surface area contributed by atoms with Crippen LogP contribution >= 0.6 is 11.3 Å². The van der Waals surface area contributed by atoms with E-state index >= 15 is 0 Å². The number of rotatable bonds is 1. The average molecular weight is 184 g/mol. The molecular weight excluding hydrogens is 172 g/mol. The first-order chi connectivity index (χ1) is 5.88. The number of nitrogens with zero attached hydrogens (tertiary/aromatic N) is 1. The molecule has 1 aromatic rings. The maximum Gasteiger partial charge on any atom is 0.182 e. The minimum absolute atomic E-state index is 0.498. The van der Waals surface area contributed by atoms with Gasteiger partial charge in [-0.1, -0.05) is 0 Å². The Morgan fingerprint density at radius 3 is 2.83 bits per heavy atom. The summed E-state index contributed by atoms with van der Waals surface area (Å²) >= 11 is 1.49. The van der Waals surface area contributed by atoms with E-state index in [9.17, 15) is 0 Å². The van der Waals surface area contributed by atoms with Crippen LogP contribution in [0.5, 0.6) is 0 Å². The molecule has 0 radical (unpaired) electrons. The van der Waals surface area contributed by atoms with Gasteiger partial charge in [0.1, 0.15) is 0 Å². The number of aromatic nitrogens is 1. The van der Waals surface area contributed by atoms with Crippen molar-refractivity contribution in [2.75, 3.05) is 13.2 Å². The SMILES string of the molecule is N=c1sccn1C1CCOCC1. The second kappa shape index (κ2) is 3.41. The molecule has 1 aromatic heterocycles. The third-order valence-corrected chi connectivity index (χ3v) is 2.91. The zero-order valence-electron chi connectivity index (χ0n) is 6.82. The highest BCUT2D eigenvalue weighted by molar-refractivity contribution is 7.06. The van der Waals surface area contributed by atoms with Gasteiger partial charge in [-0.25, -0.2) is 0 Å². The third-order valence-electron chi connectivity index (χ3n) is 2.22. The number of hydrogen-bond donors (Lipinski definition) is 1. The minimum atomic E-state index is 0.498. The molecule has 1 aliphatic heterocycles. The van der Waals surface area contributed by atoms with Crippen LogP contribution in [0.2, 0.25) is 0 Å². The summed E-state index contributed by atoms with van der Waals surface area (Å²) < 4.78 is 7.32. The topological polar surface area (TPSA) is 38.0 Å². The number of hydrogen-bond acceptors (Lipinski definition) is 3. The van der Waals surface area contributed by atoms with Crippen molar-refractivity contribution in [1.82, 2.24) is 4.57 Å². The molecule has 0 spiro atoms. The summed E-state index contributed by atoms with van der Waals surface area (Å²) in [5, 5.41) is 9.60. The molecule has 1 fully saturated rings. The van der Waals surface area contributed by atoms with Gasteiger partial charge in [-0.2, -0.15) is 0 Å². The summed E-state index contributed by atoms with van der Waals surface area (Å²) in [4.78, 5) is 0.655. The lowest BCUT2D eigenvalue weighted by atomic mass is 10.1. The first kappa shape index (κ1) is 8.01. The van der Waals surface area contributed by atoms with Crippen LogP contribution in [0.15, 0.2) is 11.6 Å². The molecule has 1 saturated heterocycles. The van der Waals surface area contributed by atoms with Gasteiger partial charge in [0, 0.05) is 30.8 Å². The van der Waals surface area contributed by atoms with Crippen molar-refractivity contribution in [3.63, 3.8) is 0 Å². The van der Waals surface area contributed by atoms with Crippen molar-refractivity contribution in [3.8, 4) is 0 Å². The first-order valence-electron chi connectivity index (χ1n) is 4.16. The summed E-state index contributed by atoms with van der Waals surface area (Å²) in [6.45, 7) is 1.68. The summed E-state index contributed by atoms with van der Waals surface area (Å²) in [5.74, 6) is 0. The molecular formula is C8H12N2OS. The van der Waals surface area contributed by atoms with Crippen LogP contribution < -0.4 is 4.80 Å².